The Morgan fingerprint density at radius 1 is 0.737 bits per heavy atom. The monoisotopic (exact) mass is 286 g/mol. The number of sulfone groups is 1. The van der Waals surface area contributed by atoms with Gasteiger partial charge in [-0.3, -0.25) is 0 Å². The van der Waals surface area contributed by atoms with Crippen molar-refractivity contribution in [2.24, 2.45) is 0 Å². The zero-order chi connectivity index (χ0) is 14.3. The summed E-state index contributed by atoms with van der Waals surface area (Å²) >= 11 is 0. The lowest BCUT2D eigenvalue weighted by Gasteiger charge is -2.33. The van der Waals surface area contributed by atoms with E-state index in [1.807, 2.05) is 0 Å². The van der Waals surface area contributed by atoms with E-state index in [1.54, 1.807) is 0 Å². The fourth-order valence-electron chi connectivity index (χ4n) is 1.81. The van der Waals surface area contributed by atoms with Crippen LogP contribution in [-0.4, -0.2) is 50.9 Å². The minimum Gasteiger partial charge on any atom is -0.385 e. The molecule has 0 heterocycles. The summed E-state index contributed by atoms with van der Waals surface area (Å²) in [4.78, 5) is -4.84. The van der Waals surface area contributed by atoms with Crippen LogP contribution < -0.4 is 0 Å². The molecule has 6 nitrogen and oxygen atoms in total. The van der Waals surface area contributed by atoms with Crippen molar-refractivity contribution < 1.29 is 28.8 Å². The quantitative estimate of drug-likeness (QED) is 0.472. The molecule has 7 heteroatoms. The van der Waals surface area contributed by atoms with E-state index < -0.39 is 31.9 Å². The first-order valence-electron chi connectivity index (χ1n) is 5.53. The second-order valence-electron chi connectivity index (χ2n) is 4.42. The molecule has 0 radical (unpaired) electrons. The summed E-state index contributed by atoms with van der Waals surface area (Å²) in [6, 6.07) is 0. The fourth-order valence-corrected chi connectivity index (χ4v) is 3.36. The van der Waals surface area contributed by atoms with Gasteiger partial charge in [-0.15, -0.1) is 0 Å². The Labute approximate surface area is 110 Å². The number of rotatable bonds is 2. The fraction of sp³-hybridized carbons (Fsp3) is 0.333. The topological polar surface area (TPSA) is 115 Å². The molecular weight excluding hydrogens is 272 g/mol. The van der Waals surface area contributed by atoms with Crippen molar-refractivity contribution in [3.05, 3.63) is 48.6 Å². The highest BCUT2D eigenvalue weighted by atomic mass is 32.2. The van der Waals surface area contributed by atoms with Gasteiger partial charge in [-0.1, -0.05) is 24.3 Å². The molecule has 0 aromatic rings. The number of aliphatic hydroxyl groups is 4. The summed E-state index contributed by atoms with van der Waals surface area (Å²) in [5.41, 5.74) is 0. The first-order chi connectivity index (χ1) is 8.70. The van der Waals surface area contributed by atoms with Gasteiger partial charge in [0.25, 0.3) is 0 Å². The Morgan fingerprint density at radius 3 is 1.26 bits per heavy atom. The van der Waals surface area contributed by atoms with Crippen molar-refractivity contribution in [3.8, 4) is 0 Å². The maximum absolute atomic E-state index is 12.3. The second-order valence-corrected chi connectivity index (χ2v) is 6.74. The lowest BCUT2D eigenvalue weighted by Crippen LogP contribution is -2.50. The second kappa shape index (κ2) is 4.39. The first-order valence-corrected chi connectivity index (χ1v) is 7.01. The molecule has 4 N–H and O–H groups in total. The van der Waals surface area contributed by atoms with Crippen molar-refractivity contribution >= 4 is 9.84 Å². The average molecular weight is 286 g/mol. The van der Waals surface area contributed by atoms with Crippen molar-refractivity contribution in [1.82, 2.24) is 0 Å². The molecule has 0 saturated carbocycles. The van der Waals surface area contributed by atoms with E-state index >= 15 is 0 Å². The van der Waals surface area contributed by atoms with Gasteiger partial charge in [0, 0.05) is 0 Å². The lowest BCUT2D eigenvalue weighted by molar-refractivity contribution is 0.171. The van der Waals surface area contributed by atoms with E-state index in [1.165, 1.54) is 0 Å². The Kier molecular flexibility index (Phi) is 3.28. The number of hydrogen-bond donors (Lipinski definition) is 4. The van der Waals surface area contributed by atoms with Crippen LogP contribution in [0.5, 0.6) is 0 Å². The molecule has 0 aromatic carbocycles. The minimum absolute atomic E-state index is 0.900. The van der Waals surface area contributed by atoms with Crippen LogP contribution in [0.15, 0.2) is 48.6 Å². The van der Waals surface area contributed by atoms with Crippen LogP contribution in [0.25, 0.3) is 0 Å². The van der Waals surface area contributed by atoms with E-state index in [2.05, 4.69) is 0 Å². The number of aliphatic hydroxyl groups excluding tert-OH is 2. The van der Waals surface area contributed by atoms with E-state index in [-0.39, 0.29) is 0 Å². The van der Waals surface area contributed by atoms with Crippen LogP contribution in [0.3, 0.4) is 0 Å². The molecular formula is C12H14O6S. The molecule has 19 heavy (non-hydrogen) atoms. The van der Waals surface area contributed by atoms with Crippen LogP contribution in [0.1, 0.15) is 0 Å². The van der Waals surface area contributed by atoms with Gasteiger partial charge in [0.1, 0.15) is 0 Å². The smallest absolute Gasteiger partial charge is 0.224 e. The van der Waals surface area contributed by atoms with Crippen molar-refractivity contribution in [1.29, 1.82) is 0 Å². The maximum atomic E-state index is 12.3. The van der Waals surface area contributed by atoms with Crippen molar-refractivity contribution in [3.63, 3.8) is 0 Å². The van der Waals surface area contributed by atoms with Crippen molar-refractivity contribution in [2.75, 3.05) is 0 Å². The van der Waals surface area contributed by atoms with Crippen LogP contribution in [0.4, 0.5) is 0 Å². The van der Waals surface area contributed by atoms with E-state index in [4.69, 9.17) is 0 Å². The summed E-state index contributed by atoms with van der Waals surface area (Å²) in [5, 5.41) is 38.7. The molecule has 2 aliphatic rings. The molecule has 0 spiro atoms. The maximum Gasteiger partial charge on any atom is 0.224 e. The first kappa shape index (κ1) is 14.2. The highest BCUT2D eigenvalue weighted by molar-refractivity contribution is 7.94. The predicted molar refractivity (Wildman–Crippen MR) is 67.4 cm³/mol. The third-order valence-electron chi connectivity index (χ3n) is 2.99. The molecule has 0 unspecified atom stereocenters. The van der Waals surface area contributed by atoms with Gasteiger partial charge in [-0.2, -0.15) is 0 Å². The minimum atomic E-state index is -4.49. The Morgan fingerprint density at radius 2 is 1.00 bits per heavy atom. The summed E-state index contributed by atoms with van der Waals surface area (Å²) < 4.78 is 24.7. The number of hydrogen-bond acceptors (Lipinski definition) is 6. The SMILES string of the molecule is O=S(=O)(C1(O)C=CC(O)C=C1)C1(O)C=CC(O)C=C1. The molecule has 0 bridgehead atoms. The van der Waals surface area contributed by atoms with Crippen LogP contribution in [0, 0.1) is 0 Å². The van der Waals surface area contributed by atoms with Crippen molar-refractivity contribution in [2.45, 2.75) is 22.1 Å². The predicted octanol–water partition coefficient (Wildman–Crippen LogP) is -1.25. The summed E-state index contributed by atoms with van der Waals surface area (Å²) in [6.07, 6.45) is 6.05. The van der Waals surface area contributed by atoms with Gasteiger partial charge in [0.2, 0.25) is 19.7 Å². The standard InChI is InChI=1S/C12H14O6S/c13-9-1-5-11(15,6-2-9)19(17,18)12(16)7-3-10(14)4-8-12/h1-10,13-16H. The molecule has 0 aromatic heterocycles. The third kappa shape index (κ3) is 2.19. The van der Waals surface area contributed by atoms with Gasteiger partial charge < -0.3 is 20.4 Å². The van der Waals surface area contributed by atoms with Gasteiger partial charge in [-0.25, -0.2) is 8.42 Å². The summed E-state index contributed by atoms with van der Waals surface area (Å²) in [5.74, 6) is 0. The molecule has 2 rings (SSSR count). The molecule has 0 aliphatic heterocycles. The van der Waals surface area contributed by atoms with Gasteiger partial charge in [0.05, 0.1) is 12.2 Å². The Balaban J connectivity index is 2.44. The van der Waals surface area contributed by atoms with Gasteiger partial charge in [0.15, 0.2) is 0 Å². The Bertz CT molecular complexity index is 509. The normalized spacial score (nSPS) is 41.7. The van der Waals surface area contributed by atoms with E-state index in [0.29, 0.717) is 0 Å². The zero-order valence-corrected chi connectivity index (χ0v) is 10.6. The van der Waals surface area contributed by atoms with E-state index in [9.17, 15) is 28.8 Å². The zero-order valence-electron chi connectivity index (χ0n) is 9.79. The molecule has 0 atom stereocenters. The highest BCUT2D eigenvalue weighted by Crippen LogP contribution is 2.34. The summed E-state index contributed by atoms with van der Waals surface area (Å²) in [6.45, 7) is 0. The van der Waals surface area contributed by atoms with Gasteiger partial charge in [-0.05, 0) is 24.3 Å². The molecule has 0 fully saturated rings. The van der Waals surface area contributed by atoms with Crippen LogP contribution in [-0.2, 0) is 9.84 Å². The van der Waals surface area contributed by atoms with Crippen LogP contribution >= 0.6 is 0 Å². The van der Waals surface area contributed by atoms with Crippen LogP contribution in [0.2, 0.25) is 0 Å². The summed E-state index contributed by atoms with van der Waals surface area (Å²) in [7, 11) is -4.49. The third-order valence-corrected chi connectivity index (χ3v) is 5.26. The molecule has 0 saturated heterocycles. The highest BCUT2D eigenvalue weighted by Gasteiger charge is 2.51. The molecule has 2 aliphatic carbocycles. The Hall–Kier alpha value is -1.25. The molecule has 0 amide bonds. The largest absolute Gasteiger partial charge is 0.385 e. The average Bonchev–Trinajstić information content (AvgIpc) is 2.36. The van der Waals surface area contributed by atoms with E-state index in [0.717, 1.165) is 48.6 Å². The molecule has 104 valence electrons. The lowest BCUT2D eigenvalue weighted by atomic mass is 10.1. The van der Waals surface area contributed by atoms with Gasteiger partial charge >= 0.3 is 0 Å².